The number of rotatable bonds is 4. The highest BCUT2D eigenvalue weighted by molar-refractivity contribution is 7.46. The molecule has 7 N–H and O–H groups in total. The van der Waals surface area contributed by atoms with Crippen LogP contribution in [-0.4, -0.2) is 78.7 Å². The first-order valence-electron chi connectivity index (χ1n) is 4.86. The van der Waals surface area contributed by atoms with E-state index in [0.717, 1.165) is 0 Å². The molecule has 0 amide bonds. The normalized spacial score (nSPS) is 41.9. The van der Waals surface area contributed by atoms with Gasteiger partial charge >= 0.3 is 7.82 Å². The van der Waals surface area contributed by atoms with Crippen LogP contribution in [-0.2, 0) is 13.8 Å². The summed E-state index contributed by atoms with van der Waals surface area (Å²) >= 11 is 0. The molecule has 18 heavy (non-hydrogen) atoms. The van der Waals surface area contributed by atoms with Crippen LogP contribution in [0.3, 0.4) is 0 Å². The van der Waals surface area contributed by atoms with Crippen molar-refractivity contribution < 1.29 is 49.1 Å². The van der Waals surface area contributed by atoms with Crippen LogP contribution in [0.1, 0.15) is 0 Å². The van der Waals surface area contributed by atoms with Crippen molar-refractivity contribution in [1.29, 1.82) is 0 Å². The average molecular weight is 290 g/mol. The Morgan fingerprint density at radius 3 is 2.22 bits per heavy atom. The Hall–Kier alpha value is -0.130. The molecular weight excluding hydrogens is 275 g/mol. The van der Waals surface area contributed by atoms with Gasteiger partial charge in [-0.2, -0.15) is 0 Å². The molecule has 11 heteroatoms. The number of phosphoric ester groups is 1. The summed E-state index contributed by atoms with van der Waals surface area (Å²) in [5.41, 5.74) is 0. The summed E-state index contributed by atoms with van der Waals surface area (Å²) in [6.07, 6.45) is -7.14. The summed E-state index contributed by atoms with van der Waals surface area (Å²) < 4.78 is 19.2. The molecule has 0 unspecified atom stereocenters. The van der Waals surface area contributed by atoms with Gasteiger partial charge in [-0.3, -0.25) is 4.52 Å². The molecule has 1 rings (SSSR count). The second kappa shape index (κ2) is 5.47. The van der Waals surface area contributed by atoms with E-state index < -0.39 is 51.2 Å². The monoisotopic (exact) mass is 290 g/mol. The first-order chi connectivity index (χ1) is 8.10. The van der Waals surface area contributed by atoms with Crippen molar-refractivity contribution in [2.75, 3.05) is 13.2 Å². The predicted molar refractivity (Wildman–Crippen MR) is 52.9 cm³/mol. The molecule has 1 fully saturated rings. The number of aliphatic hydroxyl groups excluding tert-OH is 4. The van der Waals surface area contributed by atoms with Gasteiger partial charge in [-0.1, -0.05) is 0 Å². The van der Waals surface area contributed by atoms with Crippen molar-refractivity contribution in [2.45, 2.75) is 30.2 Å². The number of phosphoric acid groups is 1. The van der Waals surface area contributed by atoms with Crippen LogP contribution >= 0.6 is 7.82 Å². The molecule has 0 bridgehead atoms. The topological polar surface area (TPSA) is 177 Å². The van der Waals surface area contributed by atoms with E-state index in [1.54, 1.807) is 0 Å². The number of ether oxygens (including phenoxy) is 1. The third-order valence-corrected chi connectivity index (χ3v) is 2.99. The van der Waals surface area contributed by atoms with Gasteiger partial charge in [0.25, 0.3) is 0 Å². The van der Waals surface area contributed by atoms with Crippen LogP contribution in [0.5, 0.6) is 0 Å². The van der Waals surface area contributed by atoms with Gasteiger partial charge in [0, 0.05) is 0 Å². The van der Waals surface area contributed by atoms with Crippen molar-refractivity contribution in [1.82, 2.24) is 0 Å². The second-order valence-corrected chi connectivity index (χ2v) is 5.11. The third kappa shape index (κ3) is 3.45. The maximum absolute atomic E-state index is 10.5. The molecule has 0 aromatic carbocycles. The minimum atomic E-state index is -4.82. The summed E-state index contributed by atoms with van der Waals surface area (Å²) in [6.45, 7) is -1.94. The van der Waals surface area contributed by atoms with Crippen LogP contribution in [0.15, 0.2) is 0 Å². The van der Waals surface area contributed by atoms with E-state index in [0.29, 0.717) is 0 Å². The van der Waals surface area contributed by atoms with Crippen LogP contribution in [0.25, 0.3) is 0 Å². The summed E-state index contributed by atoms with van der Waals surface area (Å²) in [5.74, 6) is -2.55. The summed E-state index contributed by atoms with van der Waals surface area (Å²) in [7, 11) is -4.82. The molecule has 0 spiro atoms. The summed E-state index contributed by atoms with van der Waals surface area (Å²) in [6, 6.07) is 0. The highest BCUT2D eigenvalue weighted by atomic mass is 31.2. The predicted octanol–water partition coefficient (Wildman–Crippen LogP) is -3.74. The zero-order chi connectivity index (χ0) is 14.1. The van der Waals surface area contributed by atoms with Crippen LogP contribution in [0.4, 0.5) is 0 Å². The third-order valence-electron chi connectivity index (χ3n) is 2.51. The largest absolute Gasteiger partial charge is 0.469 e. The number of aliphatic hydroxyl groups is 5. The van der Waals surface area contributed by atoms with Gasteiger partial charge in [0.1, 0.15) is 24.4 Å². The van der Waals surface area contributed by atoms with Crippen LogP contribution < -0.4 is 0 Å². The molecule has 0 aromatic heterocycles. The molecule has 0 aliphatic carbocycles. The fourth-order valence-electron chi connectivity index (χ4n) is 1.51. The van der Waals surface area contributed by atoms with Crippen molar-refractivity contribution in [3.8, 4) is 0 Å². The standard InChI is InChI=1S/C7H15O10P/c8-2-7(12)6(11)5(10)4(9)3(17-7)1-16-18(13,14)15/h3-6,8-12H,1-2H2,(H2,13,14,15)/t3-,4-,5-,6+,7+/m1/s1. The Morgan fingerprint density at radius 1 is 1.22 bits per heavy atom. The van der Waals surface area contributed by atoms with Gasteiger partial charge in [0.2, 0.25) is 5.79 Å². The Bertz CT molecular complexity index is 330. The van der Waals surface area contributed by atoms with Crippen LogP contribution in [0, 0.1) is 0 Å². The van der Waals surface area contributed by atoms with Gasteiger partial charge in [-0.25, -0.2) is 4.57 Å². The van der Waals surface area contributed by atoms with E-state index >= 15 is 0 Å². The Kier molecular flexibility index (Phi) is 4.84. The van der Waals surface area contributed by atoms with Crippen molar-refractivity contribution >= 4 is 7.82 Å². The lowest BCUT2D eigenvalue weighted by atomic mass is 9.93. The molecule has 108 valence electrons. The van der Waals surface area contributed by atoms with E-state index in [9.17, 15) is 25.0 Å². The molecule has 0 aromatic rings. The van der Waals surface area contributed by atoms with Gasteiger partial charge in [-0.05, 0) is 0 Å². The molecule has 1 heterocycles. The highest BCUT2D eigenvalue weighted by Crippen LogP contribution is 2.37. The molecular formula is C7H15O10P. The summed E-state index contributed by atoms with van der Waals surface area (Å²) in [4.78, 5) is 16.9. The van der Waals surface area contributed by atoms with Gasteiger partial charge < -0.3 is 40.1 Å². The summed E-state index contributed by atoms with van der Waals surface area (Å²) in [5, 5.41) is 46.7. The maximum atomic E-state index is 10.5. The van der Waals surface area contributed by atoms with Gasteiger partial charge in [0.15, 0.2) is 0 Å². The van der Waals surface area contributed by atoms with E-state index in [1.165, 1.54) is 0 Å². The van der Waals surface area contributed by atoms with Crippen molar-refractivity contribution in [2.24, 2.45) is 0 Å². The lowest BCUT2D eigenvalue weighted by Gasteiger charge is -2.44. The van der Waals surface area contributed by atoms with E-state index in [-0.39, 0.29) is 0 Å². The number of hydrogen-bond acceptors (Lipinski definition) is 8. The maximum Gasteiger partial charge on any atom is 0.469 e. The van der Waals surface area contributed by atoms with Crippen molar-refractivity contribution in [3.63, 3.8) is 0 Å². The molecule has 5 atom stereocenters. The molecule has 0 radical (unpaired) electrons. The molecule has 1 aliphatic heterocycles. The minimum absolute atomic E-state index is 0.850. The Labute approximate surface area is 101 Å². The molecule has 10 nitrogen and oxygen atoms in total. The average Bonchev–Trinajstić information content (AvgIpc) is 2.28. The quantitative estimate of drug-likeness (QED) is 0.254. The first kappa shape index (κ1) is 15.9. The number of hydrogen-bond donors (Lipinski definition) is 7. The SMILES string of the molecule is O=P(O)(O)OC[C@H]1O[C@@](O)(CO)[C@@H](O)[C@H](O)[C@@H]1O. The second-order valence-electron chi connectivity index (χ2n) is 3.87. The first-order valence-corrected chi connectivity index (χ1v) is 6.39. The molecule has 0 saturated carbocycles. The highest BCUT2D eigenvalue weighted by Gasteiger charge is 2.52. The Morgan fingerprint density at radius 2 is 1.78 bits per heavy atom. The van der Waals surface area contributed by atoms with Gasteiger partial charge in [0.05, 0.1) is 13.2 Å². The molecule has 1 aliphatic rings. The Balaban J connectivity index is 2.77. The zero-order valence-electron chi connectivity index (χ0n) is 9.03. The minimum Gasteiger partial charge on any atom is -0.391 e. The molecule has 1 saturated heterocycles. The smallest absolute Gasteiger partial charge is 0.391 e. The van der Waals surface area contributed by atoms with E-state index in [4.69, 9.17) is 19.6 Å². The van der Waals surface area contributed by atoms with Gasteiger partial charge in [-0.15, -0.1) is 0 Å². The lowest BCUT2D eigenvalue weighted by Crippen LogP contribution is -2.66. The zero-order valence-corrected chi connectivity index (χ0v) is 9.92. The fourth-order valence-corrected chi connectivity index (χ4v) is 1.85. The lowest BCUT2D eigenvalue weighted by molar-refractivity contribution is -0.357. The van der Waals surface area contributed by atoms with E-state index in [2.05, 4.69) is 4.52 Å². The van der Waals surface area contributed by atoms with Crippen molar-refractivity contribution in [3.05, 3.63) is 0 Å². The van der Waals surface area contributed by atoms with E-state index in [1.807, 2.05) is 0 Å². The van der Waals surface area contributed by atoms with Crippen LogP contribution in [0.2, 0.25) is 0 Å². The fraction of sp³-hybridized carbons (Fsp3) is 1.00.